The van der Waals surface area contributed by atoms with Crippen LogP contribution in [-0.2, 0) is 6.54 Å². The second-order valence-corrected chi connectivity index (χ2v) is 5.38. The zero-order valence-corrected chi connectivity index (χ0v) is 11.3. The smallest absolute Gasteiger partial charge is 0.0834 e. The molecule has 1 aliphatic rings. The molecular formula is C13H22ClN3. The maximum Gasteiger partial charge on any atom is 0.0834 e. The molecule has 1 fully saturated rings. The summed E-state index contributed by atoms with van der Waals surface area (Å²) < 4.78 is 1.94. The van der Waals surface area contributed by atoms with E-state index in [9.17, 15) is 0 Å². The van der Waals surface area contributed by atoms with Crippen LogP contribution in [0.2, 0.25) is 5.02 Å². The van der Waals surface area contributed by atoms with Crippen LogP contribution in [0.15, 0.2) is 6.20 Å². The van der Waals surface area contributed by atoms with Gasteiger partial charge in [-0.2, -0.15) is 5.10 Å². The van der Waals surface area contributed by atoms with Gasteiger partial charge >= 0.3 is 0 Å². The SMILES string of the molecule is CCn1ncc(Cl)c1C(N)C1CCCCCC1. The molecule has 96 valence electrons. The first-order valence-electron chi connectivity index (χ1n) is 6.70. The number of aryl methyl sites for hydroxylation is 1. The second kappa shape index (κ2) is 5.87. The molecule has 4 heteroatoms. The topological polar surface area (TPSA) is 43.8 Å². The summed E-state index contributed by atoms with van der Waals surface area (Å²) >= 11 is 6.22. The standard InChI is InChI=1S/C13H22ClN3/c1-2-17-13(11(14)9-16-17)12(15)10-7-5-3-4-6-8-10/h9-10,12H,2-8,15H2,1H3. The molecule has 0 amide bonds. The van der Waals surface area contributed by atoms with Crippen LogP contribution in [-0.4, -0.2) is 9.78 Å². The zero-order valence-electron chi connectivity index (χ0n) is 10.5. The Balaban J connectivity index is 2.16. The second-order valence-electron chi connectivity index (χ2n) is 4.97. The van der Waals surface area contributed by atoms with Gasteiger partial charge in [-0.1, -0.05) is 37.3 Å². The predicted octanol–water partition coefficient (Wildman–Crippen LogP) is 3.53. The Bertz CT molecular complexity index is 354. The highest BCUT2D eigenvalue weighted by Crippen LogP contribution is 2.34. The van der Waals surface area contributed by atoms with E-state index in [1.807, 2.05) is 4.68 Å². The molecule has 0 aliphatic heterocycles. The van der Waals surface area contributed by atoms with Crippen molar-refractivity contribution in [1.29, 1.82) is 0 Å². The largest absolute Gasteiger partial charge is 0.322 e. The molecule has 1 heterocycles. The highest BCUT2D eigenvalue weighted by Gasteiger charge is 2.25. The molecule has 0 spiro atoms. The van der Waals surface area contributed by atoms with E-state index in [4.69, 9.17) is 17.3 Å². The van der Waals surface area contributed by atoms with Crippen LogP contribution in [0.25, 0.3) is 0 Å². The molecule has 1 aromatic rings. The normalized spacial score (nSPS) is 20.2. The Labute approximate surface area is 108 Å². The van der Waals surface area contributed by atoms with Gasteiger partial charge in [0.1, 0.15) is 0 Å². The number of rotatable bonds is 3. The summed E-state index contributed by atoms with van der Waals surface area (Å²) in [6.45, 7) is 2.91. The van der Waals surface area contributed by atoms with Gasteiger partial charge in [-0.15, -0.1) is 0 Å². The van der Waals surface area contributed by atoms with Crippen LogP contribution in [0.1, 0.15) is 57.2 Å². The fourth-order valence-electron chi connectivity index (χ4n) is 2.85. The molecule has 1 aromatic heterocycles. The maximum atomic E-state index is 6.42. The highest BCUT2D eigenvalue weighted by atomic mass is 35.5. The Morgan fingerprint density at radius 1 is 1.41 bits per heavy atom. The van der Waals surface area contributed by atoms with Gasteiger partial charge in [0.15, 0.2) is 0 Å². The molecule has 0 radical (unpaired) electrons. The van der Waals surface area contributed by atoms with Crippen LogP contribution < -0.4 is 5.73 Å². The molecule has 17 heavy (non-hydrogen) atoms. The minimum absolute atomic E-state index is 0.0445. The first kappa shape index (κ1) is 12.9. The lowest BCUT2D eigenvalue weighted by Gasteiger charge is -2.23. The Morgan fingerprint density at radius 2 is 2.06 bits per heavy atom. The van der Waals surface area contributed by atoms with E-state index in [0.717, 1.165) is 17.3 Å². The van der Waals surface area contributed by atoms with Gasteiger partial charge in [-0.3, -0.25) is 4.68 Å². The van der Waals surface area contributed by atoms with E-state index in [1.165, 1.54) is 38.5 Å². The zero-order chi connectivity index (χ0) is 12.3. The maximum absolute atomic E-state index is 6.42. The third kappa shape index (κ3) is 2.83. The number of aromatic nitrogens is 2. The van der Waals surface area contributed by atoms with Crippen molar-refractivity contribution in [1.82, 2.24) is 9.78 Å². The average Bonchev–Trinajstić information content (AvgIpc) is 2.56. The molecule has 0 saturated heterocycles. The molecule has 2 rings (SSSR count). The Morgan fingerprint density at radius 3 is 2.65 bits per heavy atom. The summed E-state index contributed by atoms with van der Waals surface area (Å²) in [5.74, 6) is 0.567. The van der Waals surface area contributed by atoms with E-state index >= 15 is 0 Å². The van der Waals surface area contributed by atoms with E-state index in [2.05, 4.69) is 12.0 Å². The summed E-state index contributed by atoms with van der Waals surface area (Å²) in [4.78, 5) is 0. The lowest BCUT2D eigenvalue weighted by Crippen LogP contribution is -2.24. The number of hydrogen-bond acceptors (Lipinski definition) is 2. The first-order valence-corrected chi connectivity index (χ1v) is 7.08. The van der Waals surface area contributed by atoms with Crippen molar-refractivity contribution >= 4 is 11.6 Å². The summed E-state index contributed by atoms with van der Waals surface area (Å²) in [5.41, 5.74) is 7.44. The fourth-order valence-corrected chi connectivity index (χ4v) is 3.12. The average molecular weight is 256 g/mol. The summed E-state index contributed by atoms with van der Waals surface area (Å²) in [6.07, 6.45) is 9.48. The highest BCUT2D eigenvalue weighted by molar-refractivity contribution is 6.31. The van der Waals surface area contributed by atoms with E-state index in [-0.39, 0.29) is 6.04 Å². The van der Waals surface area contributed by atoms with E-state index < -0.39 is 0 Å². The summed E-state index contributed by atoms with van der Waals surface area (Å²) in [5, 5.41) is 5.00. The van der Waals surface area contributed by atoms with Crippen molar-refractivity contribution < 1.29 is 0 Å². The number of nitrogens with two attached hydrogens (primary N) is 1. The Hall–Kier alpha value is -0.540. The van der Waals surface area contributed by atoms with Crippen molar-refractivity contribution in [3.63, 3.8) is 0 Å². The molecule has 2 N–H and O–H groups in total. The third-order valence-corrected chi connectivity index (χ3v) is 4.15. The van der Waals surface area contributed by atoms with E-state index in [1.54, 1.807) is 6.20 Å². The van der Waals surface area contributed by atoms with Crippen LogP contribution in [0.4, 0.5) is 0 Å². The lowest BCUT2D eigenvalue weighted by atomic mass is 9.90. The molecule has 1 atom stereocenters. The van der Waals surface area contributed by atoms with Crippen LogP contribution >= 0.6 is 11.6 Å². The van der Waals surface area contributed by atoms with Gasteiger partial charge in [-0.05, 0) is 25.7 Å². The summed E-state index contributed by atoms with van der Waals surface area (Å²) in [6, 6.07) is 0.0445. The summed E-state index contributed by atoms with van der Waals surface area (Å²) in [7, 11) is 0. The van der Waals surface area contributed by atoms with Gasteiger partial charge in [0.25, 0.3) is 0 Å². The quantitative estimate of drug-likeness (QED) is 0.840. The van der Waals surface area contributed by atoms with Crippen LogP contribution in [0.3, 0.4) is 0 Å². The van der Waals surface area contributed by atoms with Gasteiger partial charge in [0.05, 0.1) is 23.0 Å². The monoisotopic (exact) mass is 255 g/mol. The minimum atomic E-state index is 0.0445. The number of nitrogens with zero attached hydrogens (tertiary/aromatic N) is 2. The lowest BCUT2D eigenvalue weighted by molar-refractivity contribution is 0.364. The molecule has 1 aliphatic carbocycles. The van der Waals surface area contributed by atoms with Crippen molar-refractivity contribution in [3.05, 3.63) is 16.9 Å². The number of halogens is 1. The molecule has 0 bridgehead atoms. The van der Waals surface area contributed by atoms with Crippen LogP contribution in [0, 0.1) is 5.92 Å². The first-order chi connectivity index (χ1) is 8.24. The molecular weight excluding hydrogens is 234 g/mol. The molecule has 1 saturated carbocycles. The number of hydrogen-bond donors (Lipinski definition) is 1. The van der Waals surface area contributed by atoms with E-state index in [0.29, 0.717) is 5.92 Å². The van der Waals surface area contributed by atoms with Gasteiger partial charge in [0.2, 0.25) is 0 Å². The fraction of sp³-hybridized carbons (Fsp3) is 0.769. The van der Waals surface area contributed by atoms with Crippen molar-refractivity contribution in [2.45, 2.75) is 58.0 Å². The third-order valence-electron chi connectivity index (χ3n) is 3.86. The molecule has 3 nitrogen and oxygen atoms in total. The molecule has 1 unspecified atom stereocenters. The van der Waals surface area contributed by atoms with Crippen molar-refractivity contribution in [2.75, 3.05) is 0 Å². The van der Waals surface area contributed by atoms with Gasteiger partial charge in [0, 0.05) is 6.54 Å². The van der Waals surface area contributed by atoms with Gasteiger partial charge in [-0.25, -0.2) is 0 Å². The van der Waals surface area contributed by atoms with Gasteiger partial charge < -0.3 is 5.73 Å². The minimum Gasteiger partial charge on any atom is -0.322 e. The molecule has 0 aromatic carbocycles. The Kier molecular flexibility index (Phi) is 4.46. The predicted molar refractivity (Wildman–Crippen MR) is 71.0 cm³/mol. The van der Waals surface area contributed by atoms with Crippen molar-refractivity contribution in [3.8, 4) is 0 Å². The van der Waals surface area contributed by atoms with Crippen molar-refractivity contribution in [2.24, 2.45) is 11.7 Å². The van der Waals surface area contributed by atoms with Crippen LogP contribution in [0.5, 0.6) is 0 Å².